The molecule has 1 aromatic carbocycles. The molecule has 0 unspecified atom stereocenters. The first-order chi connectivity index (χ1) is 6.90. The molecular weight excluding hydrogens is 212 g/mol. The molecule has 0 atom stereocenters. The summed E-state index contributed by atoms with van der Waals surface area (Å²) in [7, 11) is -4.13. The molecule has 0 aromatic heterocycles. The molecule has 0 aliphatic heterocycles. The molecule has 0 fully saturated rings. The molecule has 1 N–H and O–H groups in total. The molecule has 0 aliphatic carbocycles. The number of aryl methyl sites for hydroxylation is 2. The van der Waals surface area contributed by atoms with Crippen LogP contribution in [0.15, 0.2) is 23.6 Å². The van der Waals surface area contributed by atoms with E-state index < -0.39 is 10.1 Å². The van der Waals surface area contributed by atoms with E-state index in [1.54, 1.807) is 19.1 Å². The van der Waals surface area contributed by atoms with Gasteiger partial charge in [-0.05, 0) is 36.1 Å². The minimum atomic E-state index is -4.13. The van der Waals surface area contributed by atoms with Crippen molar-refractivity contribution in [3.63, 3.8) is 0 Å². The summed E-state index contributed by atoms with van der Waals surface area (Å²) in [5.41, 5.74) is 2.28. The van der Waals surface area contributed by atoms with Crippen molar-refractivity contribution in [3.05, 3.63) is 35.4 Å². The summed E-state index contributed by atoms with van der Waals surface area (Å²) in [6, 6.07) is 3.22. The smallest absolute Gasteiger partial charge is 0.282 e. The van der Waals surface area contributed by atoms with Crippen LogP contribution >= 0.6 is 0 Å². The van der Waals surface area contributed by atoms with Gasteiger partial charge >= 0.3 is 0 Å². The largest absolute Gasteiger partial charge is 0.294 e. The molecule has 0 heterocycles. The van der Waals surface area contributed by atoms with Crippen LogP contribution in [0.1, 0.15) is 23.6 Å². The molecule has 0 bridgehead atoms. The van der Waals surface area contributed by atoms with Gasteiger partial charge in [-0.1, -0.05) is 25.6 Å². The van der Waals surface area contributed by atoms with E-state index >= 15 is 0 Å². The van der Waals surface area contributed by atoms with Crippen molar-refractivity contribution >= 4 is 16.2 Å². The molecule has 0 amide bonds. The van der Waals surface area contributed by atoms with Crippen molar-refractivity contribution in [3.8, 4) is 0 Å². The Kier molecular flexibility index (Phi) is 3.31. The van der Waals surface area contributed by atoms with Crippen molar-refractivity contribution in [1.29, 1.82) is 0 Å². The number of hydrogen-bond donors (Lipinski definition) is 1. The van der Waals surface area contributed by atoms with E-state index in [2.05, 4.69) is 6.58 Å². The third-order valence-electron chi connectivity index (χ3n) is 2.33. The zero-order valence-corrected chi connectivity index (χ0v) is 9.63. The first-order valence-electron chi connectivity index (χ1n) is 4.63. The maximum atomic E-state index is 11.1. The maximum Gasteiger partial charge on any atom is 0.294 e. The molecule has 82 valence electrons. The molecule has 3 nitrogen and oxygen atoms in total. The average Bonchev–Trinajstić information content (AvgIpc) is 2.16. The minimum Gasteiger partial charge on any atom is -0.282 e. The lowest BCUT2D eigenvalue weighted by molar-refractivity contribution is 0.482. The van der Waals surface area contributed by atoms with Crippen molar-refractivity contribution in [2.75, 3.05) is 0 Å². The quantitative estimate of drug-likeness (QED) is 0.805. The highest BCUT2D eigenvalue weighted by Crippen LogP contribution is 2.22. The molecule has 1 aromatic rings. The zero-order valence-electron chi connectivity index (χ0n) is 8.82. The molecule has 4 heteroatoms. The van der Waals surface area contributed by atoms with E-state index in [0.29, 0.717) is 12.0 Å². The maximum absolute atomic E-state index is 11.1. The fourth-order valence-corrected chi connectivity index (χ4v) is 2.34. The Morgan fingerprint density at radius 2 is 2.07 bits per heavy atom. The van der Waals surface area contributed by atoms with Crippen molar-refractivity contribution in [2.24, 2.45) is 0 Å². The molecule has 0 aliphatic rings. The van der Waals surface area contributed by atoms with E-state index in [9.17, 15) is 8.42 Å². The van der Waals surface area contributed by atoms with Crippen molar-refractivity contribution in [1.82, 2.24) is 0 Å². The monoisotopic (exact) mass is 226 g/mol. The topological polar surface area (TPSA) is 54.4 Å². The van der Waals surface area contributed by atoms with Crippen LogP contribution in [0.4, 0.5) is 0 Å². The summed E-state index contributed by atoms with van der Waals surface area (Å²) in [6.07, 6.45) is 2.22. The molecule has 0 spiro atoms. The normalized spacial score (nSPS) is 11.4. The Hall–Kier alpha value is -1.13. The lowest BCUT2D eigenvalue weighted by Crippen LogP contribution is -2.04. The number of benzene rings is 1. The lowest BCUT2D eigenvalue weighted by atomic mass is 10.0. The second-order valence-corrected chi connectivity index (χ2v) is 4.74. The van der Waals surface area contributed by atoms with Crippen molar-refractivity contribution in [2.45, 2.75) is 25.2 Å². The van der Waals surface area contributed by atoms with Gasteiger partial charge in [0.15, 0.2) is 0 Å². The van der Waals surface area contributed by atoms with Gasteiger partial charge in [-0.25, -0.2) is 0 Å². The van der Waals surface area contributed by atoms with Gasteiger partial charge in [0.25, 0.3) is 10.1 Å². The van der Waals surface area contributed by atoms with Crippen LogP contribution < -0.4 is 0 Å². The minimum absolute atomic E-state index is 0.00639. The summed E-state index contributed by atoms with van der Waals surface area (Å²) in [6.45, 7) is 7.27. The summed E-state index contributed by atoms with van der Waals surface area (Å²) in [5.74, 6) is 0. The Morgan fingerprint density at radius 3 is 2.47 bits per heavy atom. The van der Waals surface area contributed by atoms with E-state index in [0.717, 1.165) is 11.1 Å². The molecular formula is C11H14O3S. The van der Waals surface area contributed by atoms with Gasteiger partial charge in [-0.15, -0.1) is 0 Å². The molecule has 0 saturated heterocycles. The third kappa shape index (κ3) is 2.46. The summed E-state index contributed by atoms with van der Waals surface area (Å²) in [5, 5.41) is 0. The van der Waals surface area contributed by atoms with E-state index in [-0.39, 0.29) is 4.90 Å². The fourth-order valence-electron chi connectivity index (χ4n) is 1.48. The van der Waals surface area contributed by atoms with Gasteiger partial charge < -0.3 is 0 Å². The predicted octanol–water partition coefficient (Wildman–Crippen LogP) is 2.45. The number of rotatable bonds is 3. The van der Waals surface area contributed by atoms with E-state index in [1.165, 1.54) is 6.07 Å². The Labute approximate surface area is 90.2 Å². The van der Waals surface area contributed by atoms with Crippen LogP contribution in [0.3, 0.4) is 0 Å². The highest BCUT2D eigenvalue weighted by atomic mass is 32.2. The van der Waals surface area contributed by atoms with Gasteiger partial charge in [0, 0.05) is 0 Å². The fraction of sp³-hybridized carbons (Fsp3) is 0.273. The van der Waals surface area contributed by atoms with Gasteiger partial charge in [0.1, 0.15) is 0 Å². The van der Waals surface area contributed by atoms with Crippen LogP contribution in [-0.4, -0.2) is 13.0 Å². The molecule has 15 heavy (non-hydrogen) atoms. The van der Waals surface area contributed by atoms with Crippen molar-refractivity contribution < 1.29 is 13.0 Å². The average molecular weight is 226 g/mol. The second kappa shape index (κ2) is 4.16. The van der Waals surface area contributed by atoms with Gasteiger partial charge in [-0.3, -0.25) is 4.55 Å². The summed E-state index contributed by atoms with van der Waals surface area (Å²) < 4.78 is 31.2. The Balaban J connectivity index is 3.54. The third-order valence-corrected chi connectivity index (χ3v) is 3.26. The van der Waals surface area contributed by atoms with Gasteiger partial charge in [0.05, 0.1) is 4.90 Å². The lowest BCUT2D eigenvalue weighted by Gasteiger charge is -2.09. The van der Waals surface area contributed by atoms with Gasteiger partial charge in [-0.2, -0.15) is 8.42 Å². The first kappa shape index (κ1) is 11.9. The highest BCUT2D eigenvalue weighted by molar-refractivity contribution is 7.85. The van der Waals surface area contributed by atoms with E-state index in [1.807, 2.05) is 6.92 Å². The Bertz CT molecular complexity index is 487. The van der Waals surface area contributed by atoms with Crippen LogP contribution in [0.25, 0.3) is 6.08 Å². The molecule has 0 radical (unpaired) electrons. The SMILES string of the molecule is C=Cc1cc(CC)c(S(=O)(=O)O)cc1C. The van der Waals surface area contributed by atoms with E-state index in [4.69, 9.17) is 4.55 Å². The highest BCUT2D eigenvalue weighted by Gasteiger charge is 2.15. The van der Waals surface area contributed by atoms with Gasteiger partial charge in [0.2, 0.25) is 0 Å². The molecule has 0 saturated carbocycles. The Morgan fingerprint density at radius 1 is 1.47 bits per heavy atom. The predicted molar refractivity (Wildman–Crippen MR) is 60.5 cm³/mol. The van der Waals surface area contributed by atoms with Crippen LogP contribution in [0.5, 0.6) is 0 Å². The first-order valence-corrected chi connectivity index (χ1v) is 6.07. The van der Waals surface area contributed by atoms with Crippen LogP contribution in [0, 0.1) is 6.92 Å². The standard InChI is InChI=1S/C11H14O3S/c1-4-9-7-10(5-2)11(6-8(9)3)15(12,13)14/h4,6-7H,1,5H2,2-3H3,(H,12,13,14). The van der Waals surface area contributed by atoms with Crippen LogP contribution in [0.2, 0.25) is 0 Å². The summed E-state index contributed by atoms with van der Waals surface area (Å²) >= 11 is 0. The van der Waals surface area contributed by atoms with Crippen LogP contribution in [-0.2, 0) is 16.5 Å². The zero-order chi connectivity index (χ0) is 11.6. The molecule has 1 rings (SSSR count). The summed E-state index contributed by atoms with van der Waals surface area (Å²) in [4.78, 5) is -0.00639. The number of hydrogen-bond acceptors (Lipinski definition) is 2. The second-order valence-electron chi connectivity index (χ2n) is 3.35.